The first-order chi connectivity index (χ1) is 19.5. The Morgan fingerprint density at radius 3 is 2.62 bits per heavy atom. The van der Waals surface area contributed by atoms with Gasteiger partial charge in [-0.25, -0.2) is 14.5 Å². The van der Waals surface area contributed by atoms with Gasteiger partial charge in [-0.3, -0.25) is 4.79 Å². The number of ether oxygens (including phenoxy) is 2. The fraction of sp³-hybridized carbons (Fsp3) is 0.586. The first-order valence-corrected chi connectivity index (χ1v) is 14.4. The molecule has 11 nitrogen and oxygen atoms in total. The van der Waals surface area contributed by atoms with Gasteiger partial charge in [0.05, 0.1) is 43.6 Å². The summed E-state index contributed by atoms with van der Waals surface area (Å²) in [4.78, 5) is 26.2. The molecule has 214 valence electrons. The SMILES string of the molecule is COC[C@H](C)Nc1ncc2c(-c3ccnc(N4CCN(C(=O)C5COC5)CC4)c3)cc(C3CCC(O)CC3)n2n1. The number of aliphatic hydroxyl groups excluding tert-OH is 1. The van der Waals surface area contributed by atoms with Gasteiger partial charge >= 0.3 is 0 Å². The van der Waals surface area contributed by atoms with Crippen LogP contribution in [0.4, 0.5) is 11.8 Å². The highest BCUT2D eigenvalue weighted by molar-refractivity contribution is 5.83. The Hall–Kier alpha value is -3.28. The first-order valence-electron chi connectivity index (χ1n) is 14.4. The Kier molecular flexibility index (Phi) is 7.86. The summed E-state index contributed by atoms with van der Waals surface area (Å²) < 4.78 is 12.5. The lowest BCUT2D eigenvalue weighted by Gasteiger charge is -2.38. The van der Waals surface area contributed by atoms with Crippen molar-refractivity contribution in [2.45, 2.75) is 50.7 Å². The Balaban J connectivity index is 1.27. The van der Waals surface area contributed by atoms with Crippen molar-refractivity contribution >= 4 is 23.2 Å². The maximum absolute atomic E-state index is 12.6. The number of aliphatic hydroxyl groups is 1. The average molecular weight is 550 g/mol. The smallest absolute Gasteiger partial charge is 0.241 e. The monoisotopic (exact) mass is 549 g/mol. The van der Waals surface area contributed by atoms with Crippen LogP contribution in [0.5, 0.6) is 0 Å². The van der Waals surface area contributed by atoms with Gasteiger partial charge in [-0.2, -0.15) is 0 Å². The largest absolute Gasteiger partial charge is 0.393 e. The van der Waals surface area contributed by atoms with Crippen LogP contribution in [0.2, 0.25) is 0 Å². The molecule has 0 aromatic carbocycles. The number of methoxy groups -OCH3 is 1. The molecule has 0 bridgehead atoms. The lowest BCUT2D eigenvalue weighted by molar-refractivity contribution is -0.150. The number of rotatable bonds is 8. The summed E-state index contributed by atoms with van der Waals surface area (Å²) >= 11 is 0. The zero-order valence-corrected chi connectivity index (χ0v) is 23.3. The lowest BCUT2D eigenvalue weighted by atomic mass is 9.85. The van der Waals surface area contributed by atoms with Gasteiger partial charge in [-0.15, -0.1) is 5.10 Å². The molecule has 0 unspecified atom stereocenters. The van der Waals surface area contributed by atoms with Crippen molar-refractivity contribution in [1.29, 1.82) is 0 Å². The summed E-state index contributed by atoms with van der Waals surface area (Å²) in [5.41, 5.74) is 4.22. The minimum atomic E-state index is -0.218. The quantitative estimate of drug-likeness (QED) is 0.437. The van der Waals surface area contributed by atoms with Crippen LogP contribution in [0, 0.1) is 5.92 Å². The predicted molar refractivity (Wildman–Crippen MR) is 151 cm³/mol. The number of hydrogen-bond donors (Lipinski definition) is 2. The molecule has 40 heavy (non-hydrogen) atoms. The van der Waals surface area contributed by atoms with E-state index in [-0.39, 0.29) is 24.0 Å². The fourth-order valence-electron chi connectivity index (χ4n) is 6.04. The van der Waals surface area contributed by atoms with Crippen molar-refractivity contribution < 1.29 is 19.4 Å². The summed E-state index contributed by atoms with van der Waals surface area (Å²) in [6.45, 7) is 6.58. The number of amides is 1. The van der Waals surface area contributed by atoms with E-state index in [4.69, 9.17) is 14.6 Å². The molecule has 5 heterocycles. The van der Waals surface area contributed by atoms with E-state index in [1.54, 1.807) is 7.11 Å². The number of piperazine rings is 1. The van der Waals surface area contributed by atoms with E-state index in [2.05, 4.69) is 32.3 Å². The Morgan fingerprint density at radius 1 is 1.15 bits per heavy atom. The molecule has 2 aliphatic heterocycles. The number of carbonyl (C=O) groups excluding carboxylic acids is 1. The second kappa shape index (κ2) is 11.7. The van der Waals surface area contributed by atoms with E-state index in [0.717, 1.165) is 66.9 Å². The molecule has 1 atom stereocenters. The van der Waals surface area contributed by atoms with Crippen LogP contribution >= 0.6 is 0 Å². The van der Waals surface area contributed by atoms with Crippen molar-refractivity contribution in [2.24, 2.45) is 5.92 Å². The molecule has 1 amide bonds. The van der Waals surface area contributed by atoms with Crippen LogP contribution in [-0.2, 0) is 14.3 Å². The third-order valence-corrected chi connectivity index (χ3v) is 8.41. The topological polar surface area (TPSA) is 117 Å². The third kappa shape index (κ3) is 5.50. The summed E-state index contributed by atoms with van der Waals surface area (Å²) in [5.74, 6) is 2.02. The van der Waals surface area contributed by atoms with Gasteiger partial charge in [0.2, 0.25) is 11.9 Å². The maximum atomic E-state index is 12.6. The van der Waals surface area contributed by atoms with E-state index < -0.39 is 0 Å². The molecule has 11 heteroatoms. The number of anilines is 2. The van der Waals surface area contributed by atoms with Crippen molar-refractivity contribution in [3.63, 3.8) is 0 Å². The molecule has 2 N–H and O–H groups in total. The molecule has 3 aliphatic rings. The minimum absolute atomic E-state index is 0.0267. The van der Waals surface area contributed by atoms with Gasteiger partial charge in [-0.1, -0.05) is 0 Å². The summed E-state index contributed by atoms with van der Waals surface area (Å²) in [6.07, 6.45) is 6.99. The number of nitrogens with zero attached hydrogens (tertiary/aromatic N) is 6. The molecule has 1 saturated carbocycles. The predicted octanol–water partition coefficient (Wildman–Crippen LogP) is 2.55. The highest BCUT2D eigenvalue weighted by Crippen LogP contribution is 2.38. The van der Waals surface area contributed by atoms with Crippen LogP contribution in [0.25, 0.3) is 16.6 Å². The third-order valence-electron chi connectivity index (χ3n) is 8.41. The maximum Gasteiger partial charge on any atom is 0.241 e. The van der Waals surface area contributed by atoms with Crippen molar-refractivity contribution in [2.75, 3.05) is 63.3 Å². The molecular weight excluding hydrogens is 510 g/mol. The number of aromatic nitrogens is 4. The molecule has 2 saturated heterocycles. The van der Waals surface area contributed by atoms with Gasteiger partial charge in [-0.05, 0) is 56.4 Å². The zero-order chi connectivity index (χ0) is 27.6. The molecule has 3 aromatic heterocycles. The Morgan fingerprint density at radius 2 is 1.93 bits per heavy atom. The van der Waals surface area contributed by atoms with Crippen LogP contribution in [0.1, 0.15) is 44.2 Å². The second-order valence-electron chi connectivity index (χ2n) is 11.3. The Bertz CT molecular complexity index is 1330. The van der Waals surface area contributed by atoms with Crippen molar-refractivity contribution in [3.05, 3.63) is 36.3 Å². The number of nitrogens with one attached hydrogen (secondary N) is 1. The molecule has 1 aliphatic carbocycles. The minimum Gasteiger partial charge on any atom is -0.393 e. The van der Waals surface area contributed by atoms with Gasteiger partial charge in [0, 0.05) is 62.7 Å². The first kappa shape index (κ1) is 26.9. The highest BCUT2D eigenvalue weighted by Gasteiger charge is 2.32. The highest BCUT2D eigenvalue weighted by atomic mass is 16.5. The van der Waals surface area contributed by atoms with Crippen molar-refractivity contribution in [3.8, 4) is 11.1 Å². The fourth-order valence-corrected chi connectivity index (χ4v) is 6.04. The van der Waals surface area contributed by atoms with E-state index >= 15 is 0 Å². The average Bonchev–Trinajstić information content (AvgIpc) is 3.32. The van der Waals surface area contributed by atoms with Crippen molar-refractivity contribution in [1.82, 2.24) is 24.5 Å². The molecular formula is C29H39N7O4. The standard InChI is InChI=1S/C29H39N7O4/c1-19(16-39-2)32-29-31-15-26-24(14-25(36(26)33-29)20-3-5-23(37)6-4-20)21-7-8-30-27(13-21)34-9-11-35(12-10-34)28(38)22-17-40-18-22/h7-8,13-15,19-20,22-23,37H,3-6,9-12,16-18H2,1-2H3,(H,32,33)/t19-,20?,23?/m0/s1. The van der Waals surface area contributed by atoms with E-state index in [1.165, 1.54) is 0 Å². The molecule has 0 spiro atoms. The van der Waals surface area contributed by atoms with Gasteiger partial charge in [0.25, 0.3) is 0 Å². The zero-order valence-electron chi connectivity index (χ0n) is 23.3. The van der Waals surface area contributed by atoms with Crippen LogP contribution < -0.4 is 10.2 Å². The summed E-state index contributed by atoms with van der Waals surface area (Å²) in [5, 5.41) is 18.4. The molecule has 3 fully saturated rings. The van der Waals surface area contributed by atoms with Crippen LogP contribution in [-0.4, -0.2) is 101 Å². The lowest BCUT2D eigenvalue weighted by Crippen LogP contribution is -2.53. The number of carbonyl (C=O) groups is 1. The number of pyridine rings is 1. The second-order valence-corrected chi connectivity index (χ2v) is 11.3. The van der Waals surface area contributed by atoms with E-state index in [9.17, 15) is 9.90 Å². The molecule has 0 radical (unpaired) electrons. The van der Waals surface area contributed by atoms with Crippen LogP contribution in [0.15, 0.2) is 30.6 Å². The molecule has 6 rings (SSSR count). The molecule has 3 aromatic rings. The van der Waals surface area contributed by atoms with Gasteiger partial charge in [0.1, 0.15) is 5.82 Å². The summed E-state index contributed by atoms with van der Waals surface area (Å²) in [7, 11) is 1.68. The number of hydrogen-bond acceptors (Lipinski definition) is 9. The van der Waals surface area contributed by atoms with E-state index in [1.807, 2.05) is 34.8 Å². The summed E-state index contributed by atoms with van der Waals surface area (Å²) in [6, 6.07) is 6.49. The van der Waals surface area contributed by atoms with E-state index in [0.29, 0.717) is 44.8 Å². The normalized spacial score (nSPS) is 22.8. The number of fused-ring (bicyclic) bond motifs is 1. The Labute approximate surface area is 234 Å². The van der Waals surface area contributed by atoms with Crippen LogP contribution in [0.3, 0.4) is 0 Å². The van der Waals surface area contributed by atoms with Gasteiger partial charge < -0.3 is 29.7 Å². The van der Waals surface area contributed by atoms with Gasteiger partial charge in [0.15, 0.2) is 0 Å².